The van der Waals surface area contributed by atoms with Crippen molar-refractivity contribution in [2.75, 3.05) is 25.6 Å². The average molecular weight is 365 g/mol. The van der Waals surface area contributed by atoms with Gasteiger partial charge in [-0.25, -0.2) is 0 Å². The normalized spacial score (nSPS) is 13.3. The van der Waals surface area contributed by atoms with Crippen LogP contribution in [0.25, 0.3) is 0 Å². The molecule has 0 aliphatic rings. The van der Waals surface area contributed by atoms with Gasteiger partial charge in [0.05, 0.1) is 0 Å². The SMILES string of the molecule is CCCCCCCC(=O)SCC(C)[Si](OCC)(OCC)OCC. The van der Waals surface area contributed by atoms with Crippen molar-refractivity contribution in [1.82, 2.24) is 0 Å². The van der Waals surface area contributed by atoms with E-state index >= 15 is 0 Å². The van der Waals surface area contributed by atoms with Crippen molar-refractivity contribution in [3.8, 4) is 0 Å². The molecule has 0 fully saturated rings. The van der Waals surface area contributed by atoms with E-state index in [1.54, 1.807) is 0 Å². The van der Waals surface area contributed by atoms with E-state index in [0.717, 1.165) is 12.8 Å². The number of carbonyl (C=O) groups is 1. The Morgan fingerprint density at radius 2 is 1.43 bits per heavy atom. The van der Waals surface area contributed by atoms with E-state index in [0.29, 0.717) is 32.0 Å². The van der Waals surface area contributed by atoms with Crippen LogP contribution in [0, 0.1) is 0 Å². The number of rotatable bonds is 15. The van der Waals surface area contributed by atoms with E-state index in [-0.39, 0.29) is 10.7 Å². The van der Waals surface area contributed by atoms with Crippen LogP contribution in [0.5, 0.6) is 0 Å². The van der Waals surface area contributed by atoms with Gasteiger partial charge in [-0.3, -0.25) is 4.79 Å². The van der Waals surface area contributed by atoms with E-state index in [1.165, 1.54) is 31.0 Å². The number of thioether (sulfide) groups is 1. The van der Waals surface area contributed by atoms with Crippen LogP contribution in [0.4, 0.5) is 0 Å². The smallest absolute Gasteiger partial charge is 0.374 e. The highest BCUT2D eigenvalue weighted by atomic mass is 32.2. The number of carbonyl (C=O) groups excluding carboxylic acids is 1. The Labute approximate surface area is 148 Å². The van der Waals surface area contributed by atoms with Crippen LogP contribution in [0.2, 0.25) is 5.54 Å². The summed E-state index contributed by atoms with van der Waals surface area (Å²) in [5, 5.41) is 0.278. The van der Waals surface area contributed by atoms with E-state index in [2.05, 4.69) is 13.8 Å². The van der Waals surface area contributed by atoms with Gasteiger partial charge in [-0.05, 0) is 27.2 Å². The minimum absolute atomic E-state index is 0.122. The second-order valence-corrected chi connectivity index (χ2v) is 9.79. The van der Waals surface area contributed by atoms with E-state index < -0.39 is 8.80 Å². The van der Waals surface area contributed by atoms with Crippen molar-refractivity contribution in [1.29, 1.82) is 0 Å². The van der Waals surface area contributed by atoms with Crippen LogP contribution in [-0.4, -0.2) is 39.5 Å². The molecule has 0 saturated heterocycles. The van der Waals surface area contributed by atoms with Gasteiger partial charge in [0, 0.05) is 37.5 Å². The molecule has 6 heteroatoms. The third-order valence-electron chi connectivity index (χ3n) is 3.62. The minimum atomic E-state index is -2.69. The van der Waals surface area contributed by atoms with Crippen molar-refractivity contribution in [3.63, 3.8) is 0 Å². The van der Waals surface area contributed by atoms with Crippen molar-refractivity contribution < 1.29 is 18.1 Å². The van der Waals surface area contributed by atoms with Gasteiger partial charge in [-0.2, -0.15) is 0 Å². The molecule has 0 radical (unpaired) electrons. The highest BCUT2D eigenvalue weighted by molar-refractivity contribution is 8.13. The summed E-state index contributed by atoms with van der Waals surface area (Å²) < 4.78 is 17.7. The van der Waals surface area contributed by atoms with Crippen molar-refractivity contribution in [2.24, 2.45) is 0 Å². The molecule has 0 N–H and O–H groups in total. The summed E-state index contributed by atoms with van der Waals surface area (Å²) in [6.45, 7) is 11.9. The fourth-order valence-electron chi connectivity index (χ4n) is 2.42. The van der Waals surface area contributed by atoms with Crippen molar-refractivity contribution in [3.05, 3.63) is 0 Å². The highest BCUT2D eigenvalue weighted by Crippen LogP contribution is 2.30. The molecule has 23 heavy (non-hydrogen) atoms. The maximum atomic E-state index is 12.0. The molecule has 0 rings (SSSR count). The number of unbranched alkanes of at least 4 members (excludes halogenated alkanes) is 4. The van der Waals surface area contributed by atoms with Gasteiger partial charge in [-0.1, -0.05) is 51.3 Å². The lowest BCUT2D eigenvalue weighted by atomic mass is 10.1. The summed E-state index contributed by atoms with van der Waals surface area (Å²) in [4.78, 5) is 12.0. The van der Waals surface area contributed by atoms with Gasteiger partial charge in [0.15, 0.2) is 5.12 Å². The summed E-state index contributed by atoms with van der Waals surface area (Å²) in [5.74, 6) is 0.708. The monoisotopic (exact) mass is 364 g/mol. The molecule has 0 aromatic rings. The highest BCUT2D eigenvalue weighted by Gasteiger charge is 2.46. The number of hydrogen-bond acceptors (Lipinski definition) is 5. The Kier molecular flexibility index (Phi) is 14.5. The maximum absolute atomic E-state index is 12.0. The van der Waals surface area contributed by atoms with Gasteiger partial charge in [0.2, 0.25) is 0 Å². The molecule has 0 bridgehead atoms. The van der Waals surface area contributed by atoms with Gasteiger partial charge in [0.25, 0.3) is 0 Å². The summed E-state index contributed by atoms with van der Waals surface area (Å²) in [5.41, 5.74) is 0.122. The zero-order chi connectivity index (χ0) is 17.6. The minimum Gasteiger partial charge on any atom is -0.374 e. The molecule has 1 atom stereocenters. The number of hydrogen-bond donors (Lipinski definition) is 0. The zero-order valence-electron chi connectivity index (χ0n) is 15.7. The average Bonchev–Trinajstić information content (AvgIpc) is 2.53. The molecule has 0 heterocycles. The standard InChI is InChI=1S/C17H36O4SSi/c1-6-10-11-12-13-14-17(18)22-15-16(5)23(19-7-2,20-8-3)21-9-4/h16H,6-15H2,1-5H3. The van der Waals surface area contributed by atoms with Crippen LogP contribution in [0.3, 0.4) is 0 Å². The summed E-state index contributed by atoms with van der Waals surface area (Å²) in [7, 11) is -2.69. The third kappa shape index (κ3) is 9.87. The summed E-state index contributed by atoms with van der Waals surface area (Å²) >= 11 is 1.41. The first-order valence-electron chi connectivity index (χ1n) is 9.13. The first-order valence-corrected chi connectivity index (χ1v) is 11.9. The molecule has 1 unspecified atom stereocenters. The zero-order valence-corrected chi connectivity index (χ0v) is 17.5. The second kappa shape index (κ2) is 14.5. The Bertz CT molecular complexity index is 285. The predicted molar refractivity (Wildman–Crippen MR) is 101 cm³/mol. The lowest BCUT2D eigenvalue weighted by Gasteiger charge is -2.33. The molecule has 138 valence electrons. The first kappa shape index (κ1) is 23.1. The Balaban J connectivity index is 4.28. The fourth-order valence-corrected chi connectivity index (χ4v) is 6.52. The van der Waals surface area contributed by atoms with Crippen LogP contribution < -0.4 is 0 Å². The van der Waals surface area contributed by atoms with Crippen LogP contribution in [0.15, 0.2) is 0 Å². The van der Waals surface area contributed by atoms with Crippen LogP contribution in [-0.2, 0) is 18.1 Å². The van der Waals surface area contributed by atoms with Crippen molar-refractivity contribution >= 4 is 25.7 Å². The lowest BCUT2D eigenvalue weighted by Crippen LogP contribution is -2.50. The Morgan fingerprint density at radius 1 is 0.913 bits per heavy atom. The van der Waals surface area contributed by atoms with Crippen LogP contribution in [0.1, 0.15) is 73.1 Å². The molecule has 0 aliphatic heterocycles. The molecule has 0 amide bonds. The molecule has 4 nitrogen and oxygen atoms in total. The van der Waals surface area contributed by atoms with Gasteiger partial charge < -0.3 is 13.3 Å². The van der Waals surface area contributed by atoms with Gasteiger partial charge >= 0.3 is 8.80 Å². The largest absolute Gasteiger partial charge is 0.504 e. The molecule has 0 aliphatic carbocycles. The van der Waals surface area contributed by atoms with E-state index in [1.807, 2.05) is 20.8 Å². The Morgan fingerprint density at radius 3 is 1.91 bits per heavy atom. The maximum Gasteiger partial charge on any atom is 0.504 e. The van der Waals surface area contributed by atoms with E-state index in [4.69, 9.17) is 13.3 Å². The second-order valence-electron chi connectivity index (χ2n) is 5.65. The van der Waals surface area contributed by atoms with Crippen molar-refractivity contribution in [2.45, 2.75) is 78.7 Å². The summed E-state index contributed by atoms with van der Waals surface area (Å²) in [6, 6.07) is 0. The quantitative estimate of drug-likeness (QED) is 0.301. The third-order valence-corrected chi connectivity index (χ3v) is 8.59. The molecular formula is C17H36O4SSi. The fraction of sp³-hybridized carbons (Fsp3) is 0.941. The molecular weight excluding hydrogens is 328 g/mol. The molecule has 0 saturated carbocycles. The molecule has 0 spiro atoms. The van der Waals surface area contributed by atoms with Gasteiger partial charge in [0.1, 0.15) is 0 Å². The topological polar surface area (TPSA) is 44.8 Å². The van der Waals surface area contributed by atoms with Crippen LogP contribution >= 0.6 is 11.8 Å². The van der Waals surface area contributed by atoms with E-state index in [9.17, 15) is 4.79 Å². The predicted octanol–water partition coefficient (Wildman–Crippen LogP) is 5.05. The van der Waals surface area contributed by atoms with Gasteiger partial charge in [-0.15, -0.1) is 0 Å². The first-order chi connectivity index (χ1) is 11.1. The molecule has 0 aromatic heterocycles. The summed E-state index contributed by atoms with van der Waals surface area (Å²) in [6.07, 6.45) is 6.58. The Hall–Kier alpha value is 0.117. The molecule has 0 aromatic carbocycles. The lowest BCUT2D eigenvalue weighted by molar-refractivity contribution is -0.111.